The molecule has 0 amide bonds. The fourth-order valence-corrected chi connectivity index (χ4v) is 6.33. The number of fused-ring (bicyclic) bond motifs is 5. The van der Waals surface area contributed by atoms with Crippen molar-refractivity contribution in [1.29, 1.82) is 0 Å². The molecular weight excluding hydrogens is 284 g/mol. The maximum Gasteiger partial charge on any atom is 0.115 e. The zero-order valence-corrected chi connectivity index (χ0v) is 14.6. The lowest BCUT2D eigenvalue weighted by atomic mass is 9.51. The van der Waals surface area contributed by atoms with Gasteiger partial charge in [0.05, 0.1) is 6.10 Å². The van der Waals surface area contributed by atoms with Gasteiger partial charge in [0, 0.05) is 0 Å². The number of aliphatic hydroxyl groups is 1. The van der Waals surface area contributed by atoms with Crippen molar-refractivity contribution in [2.75, 3.05) is 0 Å². The Kier molecular flexibility index (Phi) is 3.53. The van der Waals surface area contributed by atoms with E-state index in [4.69, 9.17) is 0 Å². The van der Waals surface area contributed by atoms with Gasteiger partial charge in [0.1, 0.15) is 5.75 Å². The summed E-state index contributed by atoms with van der Waals surface area (Å²) in [6.45, 7) is 7.05. The molecule has 0 aromatic heterocycles. The molecule has 4 rings (SSSR count). The molecule has 0 bridgehead atoms. The van der Waals surface area contributed by atoms with Gasteiger partial charge in [-0.15, -0.1) is 0 Å². The van der Waals surface area contributed by atoms with E-state index >= 15 is 0 Å². The highest BCUT2D eigenvalue weighted by Gasteiger charge is 2.56. The van der Waals surface area contributed by atoms with Gasteiger partial charge in [0.2, 0.25) is 0 Å². The third kappa shape index (κ3) is 2.17. The summed E-state index contributed by atoms with van der Waals surface area (Å²) < 4.78 is 0. The van der Waals surface area contributed by atoms with Gasteiger partial charge in [-0.05, 0) is 90.4 Å². The van der Waals surface area contributed by atoms with Crippen LogP contribution in [0.1, 0.15) is 63.5 Å². The van der Waals surface area contributed by atoms with Gasteiger partial charge in [-0.2, -0.15) is 0 Å². The summed E-state index contributed by atoms with van der Waals surface area (Å²) in [6, 6.07) is 6.04. The number of rotatable bonds is 1. The normalized spacial score (nSPS) is 42.2. The molecule has 0 radical (unpaired) electrons. The highest BCUT2D eigenvalue weighted by molar-refractivity contribution is 5.40. The second-order valence-electron chi connectivity index (χ2n) is 8.92. The smallest absolute Gasteiger partial charge is 0.115 e. The molecule has 2 saturated carbocycles. The highest BCUT2D eigenvalue weighted by Crippen LogP contribution is 2.63. The van der Waals surface area contributed by atoms with Gasteiger partial charge in [-0.1, -0.05) is 26.8 Å². The predicted molar refractivity (Wildman–Crippen MR) is 92.4 cm³/mol. The van der Waals surface area contributed by atoms with Crippen LogP contribution in [0.25, 0.3) is 0 Å². The predicted octanol–water partition coefficient (Wildman–Crippen LogP) is 4.49. The van der Waals surface area contributed by atoms with Crippen LogP contribution in [0.3, 0.4) is 0 Å². The molecule has 2 nitrogen and oxygen atoms in total. The molecule has 2 N–H and O–H groups in total. The minimum atomic E-state index is -0.109. The summed E-state index contributed by atoms with van der Waals surface area (Å²) in [5, 5.41) is 20.5. The van der Waals surface area contributed by atoms with Crippen molar-refractivity contribution in [3.63, 3.8) is 0 Å². The number of benzene rings is 1. The standard InChI is InChI=1S/C21H30O2/c1-12(2)17-11-13-10-14(22)4-5-15(13)16-8-9-21(3)18(20(16)17)6-7-19(21)23/h4-5,10,12,16-20,22-23H,6-9,11H2,1-3H3/t16-,17+,18+,19+,20+,21+/m1/s1. The zero-order valence-electron chi connectivity index (χ0n) is 14.6. The lowest BCUT2D eigenvalue weighted by molar-refractivity contribution is -0.0450. The average Bonchev–Trinajstić information content (AvgIpc) is 2.81. The quantitative estimate of drug-likeness (QED) is 0.801. The Hall–Kier alpha value is -1.02. The van der Waals surface area contributed by atoms with Crippen LogP contribution in [-0.4, -0.2) is 16.3 Å². The summed E-state index contributed by atoms with van der Waals surface area (Å²) in [4.78, 5) is 0. The first-order chi connectivity index (χ1) is 10.9. The Bertz CT molecular complexity index is 608. The minimum Gasteiger partial charge on any atom is -0.508 e. The van der Waals surface area contributed by atoms with Crippen molar-refractivity contribution in [3.05, 3.63) is 29.3 Å². The summed E-state index contributed by atoms with van der Waals surface area (Å²) in [5.41, 5.74) is 2.98. The molecule has 0 heterocycles. The second kappa shape index (κ2) is 5.24. The van der Waals surface area contributed by atoms with Crippen molar-refractivity contribution in [3.8, 4) is 5.75 Å². The number of hydrogen-bond donors (Lipinski definition) is 2. The second-order valence-corrected chi connectivity index (χ2v) is 8.92. The van der Waals surface area contributed by atoms with Crippen LogP contribution >= 0.6 is 0 Å². The van der Waals surface area contributed by atoms with Crippen molar-refractivity contribution >= 4 is 0 Å². The van der Waals surface area contributed by atoms with Gasteiger partial charge in [-0.3, -0.25) is 0 Å². The Balaban J connectivity index is 1.79. The molecule has 126 valence electrons. The Morgan fingerprint density at radius 3 is 2.70 bits per heavy atom. The maximum atomic E-state index is 10.6. The molecule has 0 aliphatic heterocycles. The van der Waals surface area contributed by atoms with Crippen LogP contribution in [0.15, 0.2) is 18.2 Å². The molecule has 2 heteroatoms. The molecule has 2 fully saturated rings. The lowest BCUT2D eigenvalue weighted by Gasteiger charge is -2.54. The number of phenols is 1. The van der Waals surface area contributed by atoms with Crippen molar-refractivity contribution < 1.29 is 10.2 Å². The van der Waals surface area contributed by atoms with Crippen LogP contribution in [-0.2, 0) is 6.42 Å². The molecule has 3 aliphatic rings. The van der Waals surface area contributed by atoms with E-state index in [0.717, 1.165) is 19.3 Å². The monoisotopic (exact) mass is 314 g/mol. The minimum absolute atomic E-state index is 0.109. The zero-order chi connectivity index (χ0) is 16.4. The maximum absolute atomic E-state index is 10.6. The van der Waals surface area contributed by atoms with E-state index in [9.17, 15) is 10.2 Å². The number of hydrogen-bond acceptors (Lipinski definition) is 2. The average molecular weight is 314 g/mol. The van der Waals surface area contributed by atoms with Crippen LogP contribution in [0.4, 0.5) is 0 Å². The molecule has 1 aromatic rings. The summed E-state index contributed by atoms with van der Waals surface area (Å²) in [6.07, 6.45) is 5.49. The Morgan fingerprint density at radius 2 is 1.96 bits per heavy atom. The molecule has 0 unspecified atom stereocenters. The van der Waals surface area contributed by atoms with Crippen LogP contribution in [0.5, 0.6) is 5.75 Å². The first-order valence-electron chi connectivity index (χ1n) is 9.41. The van der Waals surface area contributed by atoms with Crippen molar-refractivity contribution in [2.24, 2.45) is 29.1 Å². The SMILES string of the molecule is CC(C)[C@@H]1Cc2cc(O)ccc2[C@H]2CC[C@]3(C)[C@@H](O)CC[C@H]3[C@@H]21. The van der Waals surface area contributed by atoms with Gasteiger partial charge in [0.25, 0.3) is 0 Å². The number of aromatic hydroxyl groups is 1. The summed E-state index contributed by atoms with van der Waals surface area (Å²) in [5.74, 6) is 3.70. The summed E-state index contributed by atoms with van der Waals surface area (Å²) >= 11 is 0. The van der Waals surface area contributed by atoms with E-state index in [1.165, 1.54) is 24.0 Å². The first-order valence-corrected chi connectivity index (χ1v) is 9.41. The number of aliphatic hydroxyl groups excluding tert-OH is 1. The first kappa shape index (κ1) is 15.5. The molecular formula is C21H30O2. The van der Waals surface area contributed by atoms with Gasteiger partial charge in [-0.25, -0.2) is 0 Å². The van der Waals surface area contributed by atoms with E-state index in [-0.39, 0.29) is 11.5 Å². The number of phenolic OH excluding ortho intramolecular Hbond substituents is 1. The molecule has 1 aromatic carbocycles. The third-order valence-electron chi connectivity index (χ3n) is 7.61. The lowest BCUT2D eigenvalue weighted by Crippen LogP contribution is -2.48. The molecule has 23 heavy (non-hydrogen) atoms. The molecule has 0 saturated heterocycles. The molecule has 6 atom stereocenters. The van der Waals surface area contributed by atoms with Gasteiger partial charge in [0.15, 0.2) is 0 Å². The van der Waals surface area contributed by atoms with Crippen LogP contribution < -0.4 is 0 Å². The summed E-state index contributed by atoms with van der Waals surface area (Å²) in [7, 11) is 0. The van der Waals surface area contributed by atoms with Crippen LogP contribution in [0, 0.1) is 29.1 Å². The van der Waals surface area contributed by atoms with Gasteiger partial charge >= 0.3 is 0 Å². The highest BCUT2D eigenvalue weighted by atomic mass is 16.3. The largest absolute Gasteiger partial charge is 0.508 e. The fourth-order valence-electron chi connectivity index (χ4n) is 6.33. The molecule has 0 spiro atoms. The van der Waals surface area contributed by atoms with Crippen LogP contribution in [0.2, 0.25) is 0 Å². The van der Waals surface area contributed by atoms with Gasteiger partial charge < -0.3 is 10.2 Å². The van der Waals surface area contributed by atoms with E-state index in [1.54, 1.807) is 0 Å². The van der Waals surface area contributed by atoms with Crippen molar-refractivity contribution in [1.82, 2.24) is 0 Å². The van der Waals surface area contributed by atoms with E-state index < -0.39 is 0 Å². The third-order valence-corrected chi connectivity index (χ3v) is 7.61. The topological polar surface area (TPSA) is 40.5 Å². The van der Waals surface area contributed by atoms with E-state index in [1.807, 2.05) is 12.1 Å². The van der Waals surface area contributed by atoms with E-state index in [0.29, 0.717) is 35.3 Å². The Labute approximate surface area is 139 Å². The van der Waals surface area contributed by atoms with E-state index in [2.05, 4.69) is 26.8 Å². The van der Waals surface area contributed by atoms with Crippen molar-refractivity contribution in [2.45, 2.75) is 64.9 Å². The molecule has 3 aliphatic carbocycles. The fraction of sp³-hybridized carbons (Fsp3) is 0.714. The Morgan fingerprint density at radius 1 is 1.17 bits per heavy atom.